The van der Waals surface area contributed by atoms with Gasteiger partial charge < -0.3 is 10.6 Å². The Bertz CT molecular complexity index is 619. The molecule has 0 saturated heterocycles. The van der Waals surface area contributed by atoms with Crippen LogP contribution in [0.4, 0.5) is 0 Å². The molecule has 1 aromatic rings. The van der Waals surface area contributed by atoms with Crippen molar-refractivity contribution in [1.29, 1.82) is 0 Å². The van der Waals surface area contributed by atoms with E-state index in [0.717, 1.165) is 11.8 Å². The number of amides is 2. The molecule has 0 spiro atoms. The molecule has 0 fully saturated rings. The summed E-state index contributed by atoms with van der Waals surface area (Å²) < 4.78 is 0. The Labute approximate surface area is 142 Å². The third-order valence-electron chi connectivity index (χ3n) is 2.85. The molecule has 0 aliphatic heterocycles. The van der Waals surface area contributed by atoms with E-state index in [2.05, 4.69) is 15.5 Å². The maximum absolute atomic E-state index is 12.1. The van der Waals surface area contributed by atoms with Crippen LogP contribution in [-0.2, 0) is 21.0 Å². The van der Waals surface area contributed by atoms with Crippen LogP contribution in [0, 0.1) is 4.91 Å². The Morgan fingerprint density at radius 2 is 1.92 bits per heavy atom. The molecule has 1 atom stereocenters. The molecule has 0 radical (unpaired) electrons. The molecule has 10 heteroatoms. The first-order valence-electron chi connectivity index (χ1n) is 6.87. The van der Waals surface area contributed by atoms with E-state index in [1.165, 1.54) is 26.1 Å². The van der Waals surface area contributed by atoms with E-state index in [0.29, 0.717) is 11.1 Å². The number of hydrogen-bond acceptors (Lipinski definition) is 6. The van der Waals surface area contributed by atoms with E-state index < -0.39 is 11.1 Å². The van der Waals surface area contributed by atoms with Gasteiger partial charge in [-0.05, 0) is 5.56 Å². The van der Waals surface area contributed by atoms with Crippen LogP contribution in [-0.4, -0.2) is 46.1 Å². The Morgan fingerprint density at radius 3 is 2.42 bits per heavy atom. The van der Waals surface area contributed by atoms with Gasteiger partial charge in [0.25, 0.3) is 0 Å². The van der Waals surface area contributed by atoms with E-state index in [4.69, 9.17) is 5.21 Å². The minimum atomic E-state index is -0.804. The fraction of sp³-hybridized carbons (Fsp3) is 0.357. The first-order valence-corrected chi connectivity index (χ1v) is 7.86. The molecule has 0 saturated carbocycles. The summed E-state index contributed by atoms with van der Waals surface area (Å²) in [6.07, 6.45) is 0. The lowest BCUT2D eigenvalue weighted by Gasteiger charge is -2.15. The second-order valence-corrected chi connectivity index (χ2v) is 5.67. The summed E-state index contributed by atoms with van der Waals surface area (Å²) in [5.74, 6) is -0.653. The van der Waals surface area contributed by atoms with Gasteiger partial charge in [-0.2, -0.15) is 4.84 Å². The summed E-state index contributed by atoms with van der Waals surface area (Å²) in [5.41, 5.74) is 0.984. The first-order chi connectivity index (χ1) is 11.3. The predicted octanol–water partition coefficient (Wildman–Crippen LogP) is 0.410. The minimum absolute atomic E-state index is 0.0958. The smallest absolute Gasteiger partial charge is 0.357 e. The summed E-state index contributed by atoms with van der Waals surface area (Å²) in [4.78, 5) is 49.4. The van der Waals surface area contributed by atoms with Crippen LogP contribution in [0.15, 0.2) is 24.3 Å². The van der Waals surface area contributed by atoms with Crippen LogP contribution < -0.4 is 10.6 Å². The van der Waals surface area contributed by atoms with Crippen molar-refractivity contribution in [2.75, 3.05) is 12.8 Å². The molecule has 0 bridgehead atoms. The van der Waals surface area contributed by atoms with Crippen LogP contribution in [0.3, 0.4) is 0 Å². The lowest BCUT2D eigenvalue weighted by molar-refractivity contribution is -0.979. The fourth-order valence-electron chi connectivity index (χ4n) is 1.71. The molecule has 1 aromatic carbocycles. The number of thioether (sulfide) groups is 1. The number of rotatable bonds is 8. The largest absolute Gasteiger partial charge is 0.475 e. The van der Waals surface area contributed by atoms with Gasteiger partial charge in [-0.15, -0.1) is 0 Å². The maximum atomic E-state index is 12.1. The standard InChI is InChI=1S/C14H17N3O6S/c1-9(18)16-12(13(19)15-2)8-24-14(20)11-5-3-10(4-6-11)7-23-17(21)22/h3-6,12H,7-8H2,1-2H3,(H2-,15,16,18,19,21,22)/p+1/t12-/m0/s1. The molecule has 1 rings (SSSR count). The second kappa shape index (κ2) is 9.50. The maximum Gasteiger partial charge on any atom is 0.475 e. The quantitative estimate of drug-likeness (QED) is 0.576. The molecule has 0 heterocycles. The highest BCUT2D eigenvalue weighted by Gasteiger charge is 2.20. The van der Waals surface area contributed by atoms with Gasteiger partial charge >= 0.3 is 5.09 Å². The van der Waals surface area contributed by atoms with Crippen molar-refractivity contribution in [3.05, 3.63) is 40.3 Å². The van der Waals surface area contributed by atoms with Gasteiger partial charge in [0.15, 0.2) is 6.61 Å². The van der Waals surface area contributed by atoms with Gasteiger partial charge in [-0.1, -0.05) is 36.0 Å². The molecule has 9 nitrogen and oxygen atoms in total. The Kier molecular flexibility index (Phi) is 7.69. The van der Waals surface area contributed by atoms with Crippen LogP contribution in [0.1, 0.15) is 22.8 Å². The summed E-state index contributed by atoms with van der Waals surface area (Å²) in [6.45, 7) is 1.15. The van der Waals surface area contributed by atoms with Gasteiger partial charge in [-0.25, -0.2) is 5.21 Å². The lowest BCUT2D eigenvalue weighted by atomic mass is 10.2. The van der Waals surface area contributed by atoms with Crippen molar-refractivity contribution >= 4 is 28.7 Å². The van der Waals surface area contributed by atoms with Crippen molar-refractivity contribution in [2.45, 2.75) is 19.6 Å². The summed E-state index contributed by atoms with van der Waals surface area (Å²) in [6, 6.07) is 5.41. The number of carbonyl (C=O) groups is 3. The minimum Gasteiger partial charge on any atom is -0.357 e. The van der Waals surface area contributed by atoms with Crippen LogP contribution in [0.25, 0.3) is 0 Å². The molecule has 0 aliphatic carbocycles. The number of benzene rings is 1. The molecular weight excluding hydrogens is 338 g/mol. The number of nitrogens with zero attached hydrogens (tertiary/aromatic N) is 1. The predicted molar refractivity (Wildman–Crippen MR) is 85.1 cm³/mol. The zero-order valence-electron chi connectivity index (χ0n) is 13.1. The van der Waals surface area contributed by atoms with E-state index >= 15 is 0 Å². The Morgan fingerprint density at radius 1 is 1.29 bits per heavy atom. The number of nitrogens with one attached hydrogen (secondary N) is 2. The van der Waals surface area contributed by atoms with Gasteiger partial charge in [0, 0.05) is 25.3 Å². The summed E-state index contributed by atoms with van der Waals surface area (Å²) in [7, 11) is 1.44. The Balaban J connectivity index is 2.61. The second-order valence-electron chi connectivity index (χ2n) is 4.67. The lowest BCUT2D eigenvalue weighted by Crippen LogP contribution is -2.46. The van der Waals surface area contributed by atoms with Gasteiger partial charge in [0.05, 0.1) is 0 Å². The Hall–Kier alpha value is -2.62. The molecule has 130 valence electrons. The average molecular weight is 356 g/mol. The van der Waals surface area contributed by atoms with Crippen LogP contribution >= 0.6 is 11.8 Å². The van der Waals surface area contributed by atoms with Gasteiger partial charge in [0.2, 0.25) is 16.9 Å². The van der Waals surface area contributed by atoms with Crippen molar-refractivity contribution in [3.8, 4) is 0 Å². The topological polar surface area (TPSA) is 125 Å². The van der Waals surface area contributed by atoms with E-state index in [9.17, 15) is 19.3 Å². The molecule has 0 aliphatic rings. The van der Waals surface area contributed by atoms with Gasteiger partial charge in [-0.3, -0.25) is 14.4 Å². The van der Waals surface area contributed by atoms with E-state index in [-0.39, 0.29) is 29.3 Å². The first kappa shape index (κ1) is 19.4. The zero-order valence-corrected chi connectivity index (χ0v) is 14.0. The molecule has 3 N–H and O–H groups in total. The highest BCUT2D eigenvalue weighted by Crippen LogP contribution is 2.15. The van der Waals surface area contributed by atoms with Crippen molar-refractivity contribution in [2.24, 2.45) is 0 Å². The number of hydrogen-bond donors (Lipinski definition) is 3. The SMILES string of the molecule is CNC(=O)[C@H](CSC(=O)c1ccc(CO[N+](=O)O)cc1)NC(C)=O. The summed E-state index contributed by atoms with van der Waals surface area (Å²) in [5, 5.41) is 12.3. The van der Waals surface area contributed by atoms with Crippen LogP contribution in [0.2, 0.25) is 0 Å². The fourth-order valence-corrected chi connectivity index (χ4v) is 2.57. The zero-order chi connectivity index (χ0) is 18.1. The highest BCUT2D eigenvalue weighted by atomic mass is 32.2. The van der Waals surface area contributed by atoms with Crippen molar-refractivity contribution in [3.63, 3.8) is 0 Å². The van der Waals surface area contributed by atoms with Crippen LogP contribution in [0.5, 0.6) is 0 Å². The third kappa shape index (κ3) is 6.65. The molecule has 2 amide bonds. The van der Waals surface area contributed by atoms with E-state index in [1.807, 2.05) is 0 Å². The molecule has 0 unspecified atom stereocenters. The van der Waals surface area contributed by atoms with Gasteiger partial charge in [0.1, 0.15) is 10.9 Å². The normalized spacial score (nSPS) is 11.2. The molecular formula is C14H18N3O6S+. The number of carbonyl (C=O) groups excluding carboxylic acids is 3. The molecule has 0 aromatic heterocycles. The third-order valence-corrected chi connectivity index (χ3v) is 3.85. The van der Waals surface area contributed by atoms with Crippen molar-refractivity contribution < 1.29 is 29.5 Å². The number of likely N-dealkylation sites (N-methyl/N-ethyl adjacent to an activating group) is 1. The molecule has 24 heavy (non-hydrogen) atoms. The average Bonchev–Trinajstić information content (AvgIpc) is 2.55. The van der Waals surface area contributed by atoms with Crippen molar-refractivity contribution in [1.82, 2.24) is 10.6 Å². The monoisotopic (exact) mass is 356 g/mol. The highest BCUT2D eigenvalue weighted by molar-refractivity contribution is 8.14. The summed E-state index contributed by atoms with van der Waals surface area (Å²) >= 11 is 0.903. The van der Waals surface area contributed by atoms with E-state index in [1.54, 1.807) is 12.1 Å².